The van der Waals surface area contributed by atoms with Crippen LogP contribution in [0.25, 0.3) is 0 Å². The highest BCUT2D eigenvalue weighted by atomic mass is 19.1. The van der Waals surface area contributed by atoms with Crippen LogP contribution in [0.5, 0.6) is 5.75 Å². The minimum absolute atomic E-state index is 0.00291. The van der Waals surface area contributed by atoms with Crippen molar-refractivity contribution in [3.05, 3.63) is 82.7 Å². The smallest absolute Gasteiger partial charge is 0.172 e. The fourth-order valence-electron chi connectivity index (χ4n) is 3.52. The third kappa shape index (κ3) is 3.50. The Labute approximate surface area is 161 Å². The van der Waals surface area contributed by atoms with Crippen LogP contribution in [0.2, 0.25) is 0 Å². The van der Waals surface area contributed by atoms with Crippen LogP contribution in [0.1, 0.15) is 28.6 Å². The number of hydrogen-bond acceptors (Lipinski definition) is 4. The number of aliphatic hydroxyl groups excluding tert-OH is 1. The minimum Gasteiger partial charge on any atom is -0.494 e. The van der Waals surface area contributed by atoms with Gasteiger partial charge in [-0.3, -0.25) is 9.58 Å². The van der Waals surface area contributed by atoms with E-state index < -0.39 is 17.7 Å². The van der Waals surface area contributed by atoms with E-state index in [0.29, 0.717) is 25.3 Å². The van der Waals surface area contributed by atoms with Gasteiger partial charge < -0.3 is 9.84 Å². The summed E-state index contributed by atoms with van der Waals surface area (Å²) in [5.41, 5.74) is 2.24. The molecular weight excluding hydrogens is 364 g/mol. The maximum atomic E-state index is 14.4. The van der Waals surface area contributed by atoms with E-state index >= 15 is 0 Å². The summed E-state index contributed by atoms with van der Waals surface area (Å²) in [6.45, 7) is 1.82. The zero-order valence-electron chi connectivity index (χ0n) is 15.5. The van der Waals surface area contributed by atoms with Gasteiger partial charge in [0.05, 0.1) is 25.0 Å². The molecule has 4 rings (SSSR count). The van der Waals surface area contributed by atoms with Crippen molar-refractivity contribution >= 4 is 0 Å². The van der Waals surface area contributed by atoms with Crippen LogP contribution in [0.3, 0.4) is 0 Å². The first-order valence-corrected chi connectivity index (χ1v) is 9.09. The fraction of sp³-hybridized carbons (Fsp3) is 0.286. The van der Waals surface area contributed by atoms with E-state index in [-0.39, 0.29) is 17.9 Å². The van der Waals surface area contributed by atoms with Gasteiger partial charge in [-0.15, -0.1) is 0 Å². The van der Waals surface area contributed by atoms with Crippen molar-refractivity contribution in [2.75, 3.05) is 13.7 Å². The Morgan fingerprint density at radius 1 is 1.14 bits per heavy atom. The van der Waals surface area contributed by atoms with Gasteiger partial charge >= 0.3 is 0 Å². The largest absolute Gasteiger partial charge is 0.494 e. The zero-order valence-corrected chi connectivity index (χ0v) is 15.5. The molecular formula is C21H21F2N3O2. The molecule has 1 atom stereocenters. The molecule has 0 radical (unpaired) electrons. The second kappa shape index (κ2) is 7.69. The summed E-state index contributed by atoms with van der Waals surface area (Å²) in [5, 5.41) is 15.1. The zero-order chi connectivity index (χ0) is 19.7. The van der Waals surface area contributed by atoms with Crippen LogP contribution in [-0.2, 0) is 19.6 Å². The monoisotopic (exact) mass is 385 g/mol. The number of aromatic nitrogens is 2. The van der Waals surface area contributed by atoms with Crippen LogP contribution < -0.4 is 4.74 Å². The number of halogens is 2. The maximum absolute atomic E-state index is 14.4. The standard InChI is InChI=1S/C21H21F2N3O2/c1-28-19-8-7-17(22)16(20(19)23)13-25-9-10-26-15(12-25)11-18(24-26)21(27)14-5-3-2-4-6-14/h2-8,11,21,27H,9-10,12-13H2,1H3. The number of methoxy groups -OCH3 is 1. The van der Waals surface area contributed by atoms with E-state index in [2.05, 4.69) is 5.10 Å². The van der Waals surface area contributed by atoms with Gasteiger partial charge in [0.15, 0.2) is 11.6 Å². The molecule has 1 aliphatic rings. The highest BCUT2D eigenvalue weighted by molar-refractivity contribution is 5.32. The molecule has 0 spiro atoms. The Balaban J connectivity index is 1.53. The first-order valence-electron chi connectivity index (χ1n) is 9.09. The van der Waals surface area contributed by atoms with Crippen LogP contribution in [0.4, 0.5) is 8.78 Å². The highest BCUT2D eigenvalue weighted by Gasteiger charge is 2.24. The van der Waals surface area contributed by atoms with Gasteiger partial charge in [-0.05, 0) is 23.8 Å². The van der Waals surface area contributed by atoms with Crippen molar-refractivity contribution in [2.24, 2.45) is 0 Å². The molecule has 2 heterocycles. The lowest BCUT2D eigenvalue weighted by molar-refractivity contribution is 0.196. The number of fused-ring (bicyclic) bond motifs is 1. The molecule has 2 aromatic carbocycles. The van der Waals surface area contributed by atoms with Crippen molar-refractivity contribution in [1.82, 2.24) is 14.7 Å². The average Bonchev–Trinajstić information content (AvgIpc) is 3.14. The number of nitrogens with zero attached hydrogens (tertiary/aromatic N) is 3. The molecule has 1 aromatic heterocycles. The molecule has 0 aliphatic carbocycles. The van der Waals surface area contributed by atoms with Crippen molar-refractivity contribution in [2.45, 2.75) is 25.7 Å². The van der Waals surface area contributed by atoms with E-state index in [9.17, 15) is 13.9 Å². The molecule has 0 amide bonds. The van der Waals surface area contributed by atoms with E-state index in [1.54, 1.807) is 0 Å². The molecule has 1 unspecified atom stereocenters. The molecule has 0 bridgehead atoms. The molecule has 1 N–H and O–H groups in total. The summed E-state index contributed by atoms with van der Waals surface area (Å²) in [6, 6.07) is 13.7. The van der Waals surface area contributed by atoms with E-state index in [4.69, 9.17) is 4.74 Å². The molecule has 5 nitrogen and oxygen atoms in total. The predicted octanol–water partition coefficient (Wildman–Crippen LogP) is 3.27. The van der Waals surface area contributed by atoms with Crippen molar-refractivity contribution in [3.63, 3.8) is 0 Å². The summed E-state index contributed by atoms with van der Waals surface area (Å²) in [6.07, 6.45) is -0.805. The highest BCUT2D eigenvalue weighted by Crippen LogP contribution is 2.27. The third-order valence-corrected chi connectivity index (χ3v) is 5.04. The van der Waals surface area contributed by atoms with Crippen molar-refractivity contribution < 1.29 is 18.6 Å². The molecule has 0 saturated carbocycles. The molecule has 3 aromatic rings. The maximum Gasteiger partial charge on any atom is 0.172 e. The van der Waals surface area contributed by atoms with E-state index in [0.717, 1.165) is 11.3 Å². The van der Waals surface area contributed by atoms with Gasteiger partial charge in [-0.1, -0.05) is 30.3 Å². The number of rotatable bonds is 5. The SMILES string of the molecule is COc1ccc(F)c(CN2CCn3nc(C(O)c4ccccc4)cc3C2)c1F. The molecule has 28 heavy (non-hydrogen) atoms. The summed E-state index contributed by atoms with van der Waals surface area (Å²) in [5.74, 6) is -1.22. The van der Waals surface area contributed by atoms with E-state index in [1.807, 2.05) is 46.0 Å². The minimum atomic E-state index is -0.805. The first-order chi connectivity index (χ1) is 13.6. The lowest BCUT2D eigenvalue weighted by Gasteiger charge is -2.27. The van der Waals surface area contributed by atoms with E-state index in [1.165, 1.54) is 19.2 Å². The van der Waals surface area contributed by atoms with Gasteiger partial charge in [-0.2, -0.15) is 5.10 Å². The summed E-state index contributed by atoms with van der Waals surface area (Å²) >= 11 is 0. The fourth-order valence-corrected chi connectivity index (χ4v) is 3.52. The third-order valence-electron chi connectivity index (χ3n) is 5.04. The van der Waals surface area contributed by atoms with Crippen LogP contribution in [0.15, 0.2) is 48.5 Å². The predicted molar refractivity (Wildman–Crippen MR) is 99.8 cm³/mol. The Hall–Kier alpha value is -2.77. The second-order valence-corrected chi connectivity index (χ2v) is 6.85. The second-order valence-electron chi connectivity index (χ2n) is 6.85. The Morgan fingerprint density at radius 2 is 1.93 bits per heavy atom. The Kier molecular flexibility index (Phi) is 5.11. The van der Waals surface area contributed by atoms with Crippen LogP contribution in [0, 0.1) is 11.6 Å². The number of ether oxygens (including phenoxy) is 1. The normalized spacial score (nSPS) is 15.3. The summed E-state index contributed by atoms with van der Waals surface area (Å²) < 4.78 is 35.4. The van der Waals surface area contributed by atoms with Gasteiger partial charge in [0.2, 0.25) is 0 Å². The molecule has 1 aliphatic heterocycles. The van der Waals surface area contributed by atoms with Crippen molar-refractivity contribution in [3.8, 4) is 5.75 Å². The Morgan fingerprint density at radius 3 is 2.68 bits per heavy atom. The van der Waals surface area contributed by atoms with Gasteiger partial charge in [0.1, 0.15) is 11.9 Å². The lowest BCUT2D eigenvalue weighted by Crippen LogP contribution is -2.34. The lowest BCUT2D eigenvalue weighted by atomic mass is 10.1. The van der Waals surface area contributed by atoms with Crippen LogP contribution in [-0.4, -0.2) is 33.4 Å². The van der Waals surface area contributed by atoms with Crippen LogP contribution >= 0.6 is 0 Å². The van der Waals surface area contributed by atoms with Gasteiger partial charge in [0.25, 0.3) is 0 Å². The summed E-state index contributed by atoms with van der Waals surface area (Å²) in [4.78, 5) is 1.95. The molecule has 0 fully saturated rings. The van der Waals surface area contributed by atoms with Crippen molar-refractivity contribution in [1.29, 1.82) is 0 Å². The average molecular weight is 385 g/mol. The topological polar surface area (TPSA) is 50.5 Å². The van der Waals surface area contributed by atoms with Gasteiger partial charge in [-0.25, -0.2) is 8.78 Å². The Bertz CT molecular complexity index is 975. The quantitative estimate of drug-likeness (QED) is 0.733. The molecule has 0 saturated heterocycles. The molecule has 7 heteroatoms. The molecule has 146 valence electrons. The first kappa shape index (κ1) is 18.6. The number of benzene rings is 2. The number of aliphatic hydroxyl groups is 1. The van der Waals surface area contributed by atoms with Gasteiger partial charge in [0, 0.05) is 25.2 Å². The number of hydrogen-bond donors (Lipinski definition) is 1. The summed E-state index contributed by atoms with van der Waals surface area (Å²) in [7, 11) is 1.36.